The monoisotopic (exact) mass is 401 g/mol. The third kappa shape index (κ3) is 4.32. The molecule has 2 heterocycles. The molecule has 1 aromatic carbocycles. The molecule has 1 fully saturated rings. The lowest BCUT2D eigenvalue weighted by molar-refractivity contribution is -0.137. The van der Waals surface area contributed by atoms with Gasteiger partial charge < -0.3 is 10.2 Å². The van der Waals surface area contributed by atoms with E-state index in [-0.39, 0.29) is 22.2 Å². The van der Waals surface area contributed by atoms with Crippen molar-refractivity contribution in [2.45, 2.75) is 32.0 Å². The second-order valence-electron chi connectivity index (χ2n) is 6.32. The van der Waals surface area contributed by atoms with E-state index in [1.807, 2.05) is 0 Å². The van der Waals surface area contributed by atoms with E-state index in [1.54, 1.807) is 4.90 Å². The summed E-state index contributed by atoms with van der Waals surface area (Å²) in [6, 6.07) is 5.07. The number of hydrogen-bond acceptors (Lipinski definition) is 3. The number of carbonyl (C=O) groups excluding carboxylic acids is 1. The minimum absolute atomic E-state index is 0.0702. The molecule has 0 bridgehead atoms. The van der Waals surface area contributed by atoms with Crippen LogP contribution in [0.2, 0.25) is 5.02 Å². The van der Waals surface area contributed by atoms with Gasteiger partial charge in [0.2, 0.25) is 5.91 Å². The van der Waals surface area contributed by atoms with Gasteiger partial charge in [0.25, 0.3) is 0 Å². The fraction of sp³-hybridized carbons (Fsp3) is 0.333. The number of carbonyl (C=O) groups is 1. The largest absolute Gasteiger partial charge is 0.416 e. The number of aromatic nitrogens is 1. The van der Waals surface area contributed by atoms with E-state index in [9.17, 15) is 22.4 Å². The summed E-state index contributed by atoms with van der Waals surface area (Å²) in [5.74, 6) is -1.01. The zero-order valence-corrected chi connectivity index (χ0v) is 15.0. The highest BCUT2D eigenvalue weighted by Crippen LogP contribution is 2.33. The Bertz CT molecular complexity index is 872. The predicted octanol–water partition coefficient (Wildman–Crippen LogP) is 4.81. The molecule has 1 amide bonds. The van der Waals surface area contributed by atoms with Crippen molar-refractivity contribution in [2.24, 2.45) is 0 Å². The van der Waals surface area contributed by atoms with Crippen molar-refractivity contribution in [1.29, 1.82) is 0 Å². The molecule has 0 spiro atoms. The van der Waals surface area contributed by atoms with Crippen LogP contribution < -0.4 is 10.2 Å². The van der Waals surface area contributed by atoms with Crippen LogP contribution in [0, 0.1) is 12.7 Å². The van der Waals surface area contributed by atoms with Crippen LogP contribution in [-0.4, -0.2) is 23.5 Å². The second kappa shape index (κ2) is 7.34. The molecule has 144 valence electrons. The fourth-order valence-corrected chi connectivity index (χ4v) is 3.19. The SMILES string of the molecule is Cc1cc(C(F)(F)F)cc(N2CCC[C@H]2C(=O)Nc2ccc(Cl)c(F)c2)n1. The Balaban J connectivity index is 1.83. The van der Waals surface area contributed by atoms with Crippen molar-refractivity contribution in [3.8, 4) is 0 Å². The molecule has 4 nitrogen and oxygen atoms in total. The topological polar surface area (TPSA) is 45.2 Å². The number of benzene rings is 1. The maximum atomic E-state index is 13.5. The third-order valence-corrected chi connectivity index (χ3v) is 4.61. The van der Waals surface area contributed by atoms with Crippen LogP contribution in [-0.2, 0) is 11.0 Å². The van der Waals surface area contributed by atoms with Crippen molar-refractivity contribution >= 4 is 29.0 Å². The van der Waals surface area contributed by atoms with Crippen LogP contribution in [0.1, 0.15) is 24.1 Å². The second-order valence-corrected chi connectivity index (χ2v) is 6.73. The van der Waals surface area contributed by atoms with E-state index in [0.717, 1.165) is 18.2 Å². The van der Waals surface area contributed by atoms with Crippen LogP contribution in [0.5, 0.6) is 0 Å². The van der Waals surface area contributed by atoms with Crippen molar-refractivity contribution in [3.63, 3.8) is 0 Å². The first-order chi connectivity index (χ1) is 12.6. The molecule has 0 unspecified atom stereocenters. The fourth-order valence-electron chi connectivity index (χ4n) is 3.07. The van der Waals surface area contributed by atoms with Crippen LogP contribution in [0.4, 0.5) is 29.1 Å². The van der Waals surface area contributed by atoms with Gasteiger partial charge in [-0.05, 0) is 50.1 Å². The first-order valence-corrected chi connectivity index (χ1v) is 8.61. The molecule has 27 heavy (non-hydrogen) atoms. The number of halogens is 5. The van der Waals surface area contributed by atoms with Gasteiger partial charge in [0.1, 0.15) is 17.7 Å². The summed E-state index contributed by atoms with van der Waals surface area (Å²) in [4.78, 5) is 18.3. The van der Waals surface area contributed by atoms with Crippen LogP contribution in [0.25, 0.3) is 0 Å². The van der Waals surface area contributed by atoms with E-state index in [4.69, 9.17) is 11.6 Å². The summed E-state index contributed by atoms with van der Waals surface area (Å²) < 4.78 is 52.8. The van der Waals surface area contributed by atoms with E-state index < -0.39 is 29.5 Å². The highest BCUT2D eigenvalue weighted by Gasteiger charge is 2.35. The normalized spacial score (nSPS) is 17.3. The summed E-state index contributed by atoms with van der Waals surface area (Å²) >= 11 is 5.62. The molecule has 1 atom stereocenters. The number of aryl methyl sites for hydroxylation is 1. The number of alkyl halides is 3. The number of anilines is 2. The van der Waals surface area contributed by atoms with Gasteiger partial charge in [-0.1, -0.05) is 11.6 Å². The van der Waals surface area contributed by atoms with Gasteiger partial charge in [0.15, 0.2) is 0 Å². The Morgan fingerprint density at radius 2 is 2.04 bits per heavy atom. The van der Waals surface area contributed by atoms with Gasteiger partial charge in [-0.25, -0.2) is 9.37 Å². The number of nitrogens with one attached hydrogen (secondary N) is 1. The Labute approximate surface area is 158 Å². The van der Waals surface area contributed by atoms with E-state index in [2.05, 4.69) is 10.3 Å². The number of nitrogens with zero attached hydrogens (tertiary/aromatic N) is 2. The van der Waals surface area contributed by atoms with Crippen molar-refractivity contribution in [2.75, 3.05) is 16.8 Å². The Kier molecular flexibility index (Phi) is 5.28. The molecular weight excluding hydrogens is 386 g/mol. The van der Waals surface area contributed by atoms with E-state index in [1.165, 1.54) is 19.1 Å². The van der Waals surface area contributed by atoms with E-state index in [0.29, 0.717) is 19.4 Å². The minimum Gasteiger partial charge on any atom is -0.345 e. The maximum absolute atomic E-state index is 13.5. The van der Waals surface area contributed by atoms with Gasteiger partial charge >= 0.3 is 6.18 Å². The van der Waals surface area contributed by atoms with Gasteiger partial charge in [0.05, 0.1) is 10.6 Å². The summed E-state index contributed by atoms with van der Waals surface area (Å²) in [6.45, 7) is 1.88. The first-order valence-electron chi connectivity index (χ1n) is 8.23. The average molecular weight is 402 g/mol. The molecule has 1 aliphatic heterocycles. The predicted molar refractivity (Wildman–Crippen MR) is 94.4 cm³/mol. The molecular formula is C18H16ClF4N3O. The van der Waals surface area contributed by atoms with Gasteiger partial charge in [-0.15, -0.1) is 0 Å². The van der Waals surface area contributed by atoms with Gasteiger partial charge in [-0.2, -0.15) is 13.2 Å². The Hall–Kier alpha value is -2.35. The van der Waals surface area contributed by atoms with Gasteiger partial charge in [-0.3, -0.25) is 4.79 Å². The molecule has 1 N–H and O–H groups in total. The number of rotatable bonds is 3. The van der Waals surface area contributed by atoms with Crippen LogP contribution in [0.15, 0.2) is 30.3 Å². The minimum atomic E-state index is -4.50. The number of amides is 1. The zero-order valence-electron chi connectivity index (χ0n) is 14.3. The molecule has 0 saturated carbocycles. The number of hydrogen-bond donors (Lipinski definition) is 1. The molecule has 9 heteroatoms. The molecule has 0 aliphatic carbocycles. The molecule has 1 aromatic heterocycles. The molecule has 1 saturated heterocycles. The molecule has 3 rings (SSSR count). The summed E-state index contributed by atoms with van der Waals surface area (Å²) in [5.41, 5.74) is -0.372. The van der Waals surface area contributed by atoms with Crippen molar-refractivity contribution < 1.29 is 22.4 Å². The average Bonchev–Trinajstić information content (AvgIpc) is 3.07. The lowest BCUT2D eigenvalue weighted by Gasteiger charge is -2.26. The summed E-state index contributed by atoms with van der Waals surface area (Å²) in [7, 11) is 0. The first kappa shape index (κ1) is 19.4. The summed E-state index contributed by atoms with van der Waals surface area (Å²) in [6.07, 6.45) is -3.41. The highest BCUT2D eigenvalue weighted by atomic mass is 35.5. The van der Waals surface area contributed by atoms with E-state index >= 15 is 0 Å². The zero-order chi connectivity index (χ0) is 19.8. The maximum Gasteiger partial charge on any atom is 0.416 e. The van der Waals surface area contributed by atoms with Gasteiger partial charge in [0, 0.05) is 17.9 Å². The molecule has 2 aromatic rings. The summed E-state index contributed by atoms with van der Waals surface area (Å²) in [5, 5.41) is 2.51. The Morgan fingerprint density at radius 3 is 2.70 bits per heavy atom. The van der Waals surface area contributed by atoms with Crippen LogP contribution >= 0.6 is 11.6 Å². The third-order valence-electron chi connectivity index (χ3n) is 4.30. The Morgan fingerprint density at radius 1 is 1.30 bits per heavy atom. The number of pyridine rings is 1. The van der Waals surface area contributed by atoms with Crippen molar-refractivity contribution in [3.05, 3.63) is 52.4 Å². The molecule has 0 radical (unpaired) electrons. The lowest BCUT2D eigenvalue weighted by atomic mass is 10.1. The quantitative estimate of drug-likeness (QED) is 0.751. The lowest BCUT2D eigenvalue weighted by Crippen LogP contribution is -2.40. The molecule has 1 aliphatic rings. The smallest absolute Gasteiger partial charge is 0.345 e. The highest BCUT2D eigenvalue weighted by molar-refractivity contribution is 6.30. The van der Waals surface area contributed by atoms with Crippen LogP contribution in [0.3, 0.4) is 0 Å². The standard InChI is InChI=1S/C18H16ClF4N3O/c1-10-7-11(18(21,22)23)8-16(24-10)26-6-2-3-15(26)17(27)25-12-4-5-13(19)14(20)9-12/h4-5,7-9,15H,2-3,6H2,1H3,(H,25,27)/t15-/m0/s1. The van der Waals surface area contributed by atoms with Crippen molar-refractivity contribution in [1.82, 2.24) is 4.98 Å².